The van der Waals surface area contributed by atoms with E-state index in [1.165, 1.54) is 0 Å². The fourth-order valence-electron chi connectivity index (χ4n) is 1.51. The molecule has 0 fully saturated rings. The van der Waals surface area contributed by atoms with E-state index < -0.39 is 0 Å². The van der Waals surface area contributed by atoms with Crippen LogP contribution in [-0.2, 0) is 11.3 Å². The molecule has 1 heterocycles. The molecule has 0 aromatic carbocycles. The van der Waals surface area contributed by atoms with Gasteiger partial charge in [0.2, 0.25) is 5.91 Å². The summed E-state index contributed by atoms with van der Waals surface area (Å²) in [5.41, 5.74) is 7.59. The molecule has 2 N–H and O–H groups in total. The van der Waals surface area contributed by atoms with Crippen LogP contribution < -0.4 is 5.73 Å². The van der Waals surface area contributed by atoms with Crippen molar-refractivity contribution in [2.75, 3.05) is 0 Å². The number of nitrogens with two attached hydrogens (primary N) is 1. The highest BCUT2D eigenvalue weighted by molar-refractivity contribution is 5.73. The highest BCUT2D eigenvalue weighted by Gasteiger charge is 2.09. The summed E-state index contributed by atoms with van der Waals surface area (Å²) in [6.45, 7) is 4.28. The molecular formula is C10H13N3O. The zero-order valence-corrected chi connectivity index (χ0v) is 8.37. The Morgan fingerprint density at radius 2 is 2.29 bits per heavy atom. The Kier molecular flexibility index (Phi) is 2.92. The number of primary amides is 1. The van der Waals surface area contributed by atoms with Gasteiger partial charge in [-0.15, -0.1) is 0 Å². The van der Waals surface area contributed by atoms with Gasteiger partial charge in [-0.3, -0.25) is 4.79 Å². The minimum absolute atomic E-state index is 0.267. The van der Waals surface area contributed by atoms with Gasteiger partial charge < -0.3 is 10.3 Å². The van der Waals surface area contributed by atoms with Crippen molar-refractivity contribution < 1.29 is 4.79 Å². The van der Waals surface area contributed by atoms with Crippen LogP contribution in [0, 0.1) is 25.2 Å². The minimum Gasteiger partial charge on any atom is -0.370 e. The normalized spacial score (nSPS) is 9.79. The maximum absolute atomic E-state index is 10.6. The summed E-state index contributed by atoms with van der Waals surface area (Å²) >= 11 is 0. The van der Waals surface area contributed by atoms with Crippen LogP contribution in [0.15, 0.2) is 6.07 Å². The van der Waals surface area contributed by atoms with Crippen LogP contribution in [0.5, 0.6) is 0 Å². The second kappa shape index (κ2) is 3.97. The van der Waals surface area contributed by atoms with Crippen LogP contribution in [0.2, 0.25) is 0 Å². The fourth-order valence-corrected chi connectivity index (χ4v) is 1.51. The molecule has 4 heteroatoms. The first-order valence-electron chi connectivity index (χ1n) is 4.41. The van der Waals surface area contributed by atoms with E-state index in [0.29, 0.717) is 12.2 Å². The first-order chi connectivity index (χ1) is 6.56. The van der Waals surface area contributed by atoms with Gasteiger partial charge in [-0.25, -0.2) is 0 Å². The molecule has 1 amide bonds. The second-order valence-corrected chi connectivity index (χ2v) is 3.30. The van der Waals surface area contributed by atoms with Gasteiger partial charge in [-0.1, -0.05) is 0 Å². The molecule has 14 heavy (non-hydrogen) atoms. The maximum Gasteiger partial charge on any atom is 0.219 e. The molecule has 1 aromatic rings. The first kappa shape index (κ1) is 10.3. The molecule has 0 saturated carbocycles. The Balaban J connectivity index is 2.96. The van der Waals surface area contributed by atoms with Crippen molar-refractivity contribution in [2.45, 2.75) is 26.8 Å². The molecule has 4 nitrogen and oxygen atoms in total. The fraction of sp³-hybridized carbons (Fsp3) is 0.400. The standard InChI is InChI=1S/C10H13N3O/c1-7-5-8(2)13(9(7)6-11)4-3-10(12)14/h5H,3-4H2,1-2H3,(H2,12,14). The summed E-state index contributed by atoms with van der Waals surface area (Å²) in [6.07, 6.45) is 0.267. The number of carbonyl (C=O) groups excluding carboxylic acids is 1. The number of aromatic nitrogens is 1. The van der Waals surface area contributed by atoms with Crippen molar-refractivity contribution in [2.24, 2.45) is 5.73 Å². The lowest BCUT2D eigenvalue weighted by Crippen LogP contribution is -2.15. The van der Waals surface area contributed by atoms with Gasteiger partial charge in [0, 0.05) is 18.7 Å². The topological polar surface area (TPSA) is 71.8 Å². The zero-order chi connectivity index (χ0) is 10.7. The van der Waals surface area contributed by atoms with Crippen molar-refractivity contribution >= 4 is 5.91 Å². The first-order valence-corrected chi connectivity index (χ1v) is 4.41. The third-order valence-electron chi connectivity index (χ3n) is 2.18. The van der Waals surface area contributed by atoms with Crippen molar-refractivity contribution in [3.8, 4) is 6.07 Å². The zero-order valence-electron chi connectivity index (χ0n) is 8.37. The largest absolute Gasteiger partial charge is 0.370 e. The molecule has 0 unspecified atom stereocenters. The third-order valence-corrected chi connectivity index (χ3v) is 2.18. The average Bonchev–Trinajstić information content (AvgIpc) is 2.36. The smallest absolute Gasteiger partial charge is 0.219 e. The molecule has 1 aromatic heterocycles. The molecule has 0 bridgehead atoms. The Morgan fingerprint density at radius 3 is 2.79 bits per heavy atom. The predicted octanol–water partition coefficient (Wildman–Crippen LogP) is 0.852. The Labute approximate surface area is 82.9 Å². The van der Waals surface area contributed by atoms with Gasteiger partial charge in [0.05, 0.1) is 0 Å². The van der Waals surface area contributed by atoms with E-state index in [0.717, 1.165) is 11.3 Å². The number of carbonyl (C=O) groups is 1. The number of aryl methyl sites for hydroxylation is 2. The van der Waals surface area contributed by atoms with Gasteiger partial charge in [0.15, 0.2) is 0 Å². The SMILES string of the molecule is Cc1cc(C)n(CCC(N)=O)c1C#N. The predicted molar refractivity (Wildman–Crippen MR) is 52.4 cm³/mol. The third kappa shape index (κ3) is 1.94. The van der Waals surface area contributed by atoms with E-state index in [-0.39, 0.29) is 12.3 Å². The highest BCUT2D eigenvalue weighted by atomic mass is 16.1. The van der Waals surface area contributed by atoms with Gasteiger partial charge in [0.25, 0.3) is 0 Å². The Morgan fingerprint density at radius 1 is 1.64 bits per heavy atom. The molecule has 0 atom stereocenters. The molecule has 1 rings (SSSR count). The van der Waals surface area contributed by atoms with Crippen molar-refractivity contribution in [1.82, 2.24) is 4.57 Å². The van der Waals surface area contributed by atoms with Gasteiger partial charge in [-0.2, -0.15) is 5.26 Å². The molecule has 74 valence electrons. The van der Waals surface area contributed by atoms with E-state index in [4.69, 9.17) is 11.0 Å². The molecular weight excluding hydrogens is 178 g/mol. The number of hydrogen-bond acceptors (Lipinski definition) is 2. The van der Waals surface area contributed by atoms with Gasteiger partial charge in [-0.05, 0) is 25.5 Å². The summed E-state index contributed by atoms with van der Waals surface area (Å²) in [5, 5.41) is 8.89. The number of amides is 1. The summed E-state index contributed by atoms with van der Waals surface area (Å²) in [4.78, 5) is 10.6. The van der Waals surface area contributed by atoms with Crippen molar-refractivity contribution in [1.29, 1.82) is 5.26 Å². The van der Waals surface area contributed by atoms with Crippen LogP contribution in [0.4, 0.5) is 0 Å². The van der Waals surface area contributed by atoms with E-state index in [1.54, 1.807) is 0 Å². The van der Waals surface area contributed by atoms with E-state index in [1.807, 2.05) is 24.5 Å². The van der Waals surface area contributed by atoms with Crippen LogP contribution in [0.1, 0.15) is 23.4 Å². The summed E-state index contributed by atoms with van der Waals surface area (Å²) in [7, 11) is 0. The molecule has 0 aliphatic heterocycles. The molecule has 0 spiro atoms. The molecule has 0 saturated heterocycles. The Hall–Kier alpha value is -1.76. The Bertz CT molecular complexity index is 398. The number of hydrogen-bond donors (Lipinski definition) is 1. The highest BCUT2D eigenvalue weighted by Crippen LogP contribution is 2.14. The van der Waals surface area contributed by atoms with E-state index in [2.05, 4.69) is 6.07 Å². The lowest BCUT2D eigenvalue weighted by Gasteiger charge is -2.05. The molecule has 0 aliphatic carbocycles. The lowest BCUT2D eigenvalue weighted by molar-refractivity contribution is -0.118. The monoisotopic (exact) mass is 191 g/mol. The van der Waals surface area contributed by atoms with Crippen molar-refractivity contribution in [3.63, 3.8) is 0 Å². The quantitative estimate of drug-likeness (QED) is 0.769. The van der Waals surface area contributed by atoms with Gasteiger partial charge in [0.1, 0.15) is 11.8 Å². The van der Waals surface area contributed by atoms with Crippen LogP contribution >= 0.6 is 0 Å². The minimum atomic E-state index is -0.348. The van der Waals surface area contributed by atoms with Crippen molar-refractivity contribution in [3.05, 3.63) is 23.0 Å². The van der Waals surface area contributed by atoms with E-state index >= 15 is 0 Å². The second-order valence-electron chi connectivity index (χ2n) is 3.30. The van der Waals surface area contributed by atoms with Crippen LogP contribution in [-0.4, -0.2) is 10.5 Å². The maximum atomic E-state index is 10.6. The average molecular weight is 191 g/mol. The van der Waals surface area contributed by atoms with Crippen LogP contribution in [0.25, 0.3) is 0 Å². The molecule has 0 aliphatic rings. The molecule has 0 radical (unpaired) electrons. The number of nitriles is 1. The number of nitrogens with zero attached hydrogens (tertiary/aromatic N) is 2. The van der Waals surface area contributed by atoms with Crippen LogP contribution in [0.3, 0.4) is 0 Å². The lowest BCUT2D eigenvalue weighted by atomic mass is 10.3. The summed E-state index contributed by atoms with van der Waals surface area (Å²) < 4.78 is 1.82. The number of rotatable bonds is 3. The van der Waals surface area contributed by atoms with E-state index in [9.17, 15) is 4.79 Å². The summed E-state index contributed by atoms with van der Waals surface area (Å²) in [6, 6.07) is 4.05. The summed E-state index contributed by atoms with van der Waals surface area (Å²) in [5.74, 6) is -0.348. The van der Waals surface area contributed by atoms with Gasteiger partial charge >= 0.3 is 0 Å².